The molecule has 1 rings (SSSR count). The van der Waals surface area contributed by atoms with Crippen molar-refractivity contribution in [2.24, 2.45) is 22.7 Å². The van der Waals surface area contributed by atoms with E-state index in [1.165, 1.54) is 0 Å². The first kappa shape index (κ1) is 26.2. The average molecular weight is 419 g/mol. The fraction of sp³-hybridized carbons (Fsp3) is 0.692. The van der Waals surface area contributed by atoms with Crippen LogP contribution in [0.25, 0.3) is 0 Å². The van der Waals surface area contributed by atoms with Gasteiger partial charge in [0, 0.05) is 0 Å². The zero-order chi connectivity index (χ0) is 22.9. The van der Waals surface area contributed by atoms with Crippen molar-refractivity contribution in [3.05, 3.63) is 35.4 Å². The Kier molecular flexibility index (Phi) is 10.1. The molecular weight excluding hydrogens is 376 g/mol. The molecule has 1 aromatic carbocycles. The normalized spacial score (nSPS) is 12.3. The predicted octanol–water partition coefficient (Wildman–Crippen LogP) is 6.93. The van der Waals surface area contributed by atoms with Gasteiger partial charge < -0.3 is 9.47 Å². The Balaban J connectivity index is 2.74. The van der Waals surface area contributed by atoms with E-state index in [2.05, 4.69) is 55.4 Å². The van der Waals surface area contributed by atoms with E-state index in [1.807, 2.05) is 0 Å². The molecule has 0 unspecified atom stereocenters. The molecule has 1 aromatic rings. The van der Waals surface area contributed by atoms with Crippen LogP contribution in [0.4, 0.5) is 0 Å². The molecule has 0 atom stereocenters. The van der Waals surface area contributed by atoms with E-state index in [0.29, 0.717) is 25.0 Å². The van der Waals surface area contributed by atoms with Crippen molar-refractivity contribution in [1.82, 2.24) is 0 Å². The Morgan fingerprint density at radius 3 is 1.37 bits per heavy atom. The van der Waals surface area contributed by atoms with Crippen LogP contribution in [0, 0.1) is 22.7 Å². The van der Waals surface area contributed by atoms with Crippen LogP contribution in [-0.4, -0.2) is 25.2 Å². The van der Waals surface area contributed by atoms with Gasteiger partial charge >= 0.3 is 11.9 Å². The molecule has 4 nitrogen and oxygen atoms in total. The molecular formula is C26H42O4. The topological polar surface area (TPSA) is 52.6 Å². The Morgan fingerprint density at radius 1 is 0.733 bits per heavy atom. The van der Waals surface area contributed by atoms with Crippen molar-refractivity contribution in [3.63, 3.8) is 0 Å². The molecule has 0 N–H and O–H groups in total. The van der Waals surface area contributed by atoms with Gasteiger partial charge in [0.15, 0.2) is 0 Å². The zero-order valence-corrected chi connectivity index (χ0v) is 20.3. The van der Waals surface area contributed by atoms with Crippen LogP contribution >= 0.6 is 0 Å². The van der Waals surface area contributed by atoms with Gasteiger partial charge in [0.1, 0.15) is 0 Å². The summed E-state index contributed by atoms with van der Waals surface area (Å²) >= 11 is 0. The molecule has 0 aliphatic rings. The number of hydrogen-bond donors (Lipinski definition) is 0. The first-order valence-corrected chi connectivity index (χ1v) is 11.3. The molecule has 0 fully saturated rings. The largest absolute Gasteiger partial charge is 0.462 e. The van der Waals surface area contributed by atoms with Crippen molar-refractivity contribution < 1.29 is 19.1 Å². The van der Waals surface area contributed by atoms with Crippen molar-refractivity contribution in [2.75, 3.05) is 13.2 Å². The van der Waals surface area contributed by atoms with Crippen molar-refractivity contribution in [3.8, 4) is 0 Å². The highest BCUT2D eigenvalue weighted by molar-refractivity contribution is 6.03. The van der Waals surface area contributed by atoms with Crippen LogP contribution in [0.1, 0.15) is 102 Å². The van der Waals surface area contributed by atoms with Crippen LogP contribution in [0.5, 0.6) is 0 Å². The minimum atomic E-state index is -0.473. The quantitative estimate of drug-likeness (QED) is 0.346. The van der Waals surface area contributed by atoms with Crippen molar-refractivity contribution in [2.45, 2.75) is 81.1 Å². The lowest BCUT2D eigenvalue weighted by molar-refractivity contribution is 0.0276. The molecule has 4 heteroatoms. The van der Waals surface area contributed by atoms with E-state index in [1.54, 1.807) is 24.3 Å². The van der Waals surface area contributed by atoms with Crippen LogP contribution in [0.2, 0.25) is 0 Å². The van der Waals surface area contributed by atoms with Gasteiger partial charge in [-0.3, -0.25) is 0 Å². The van der Waals surface area contributed by atoms with Gasteiger partial charge in [-0.25, -0.2) is 9.59 Å². The fourth-order valence-electron chi connectivity index (χ4n) is 3.02. The first-order chi connectivity index (χ1) is 13.8. The van der Waals surface area contributed by atoms with E-state index in [9.17, 15) is 9.59 Å². The molecule has 0 aliphatic heterocycles. The van der Waals surface area contributed by atoms with Gasteiger partial charge in [-0.2, -0.15) is 0 Å². The summed E-state index contributed by atoms with van der Waals surface area (Å²) in [5, 5.41) is 0. The summed E-state index contributed by atoms with van der Waals surface area (Å²) in [4.78, 5) is 25.4. The summed E-state index contributed by atoms with van der Waals surface area (Å²) in [6.45, 7) is 17.8. The lowest BCUT2D eigenvalue weighted by Crippen LogP contribution is -2.25. The van der Waals surface area contributed by atoms with E-state index in [0.717, 1.165) is 25.7 Å². The third kappa shape index (κ3) is 9.77. The fourth-order valence-corrected chi connectivity index (χ4v) is 3.02. The van der Waals surface area contributed by atoms with Crippen LogP contribution < -0.4 is 0 Å². The molecule has 170 valence electrons. The summed E-state index contributed by atoms with van der Waals surface area (Å²) in [7, 11) is 0. The van der Waals surface area contributed by atoms with Gasteiger partial charge in [-0.1, -0.05) is 80.4 Å². The van der Waals surface area contributed by atoms with Crippen LogP contribution in [0.15, 0.2) is 24.3 Å². The molecule has 0 saturated carbocycles. The number of carbonyl (C=O) groups is 2. The Bertz CT molecular complexity index is 627. The van der Waals surface area contributed by atoms with Crippen molar-refractivity contribution in [1.29, 1.82) is 0 Å². The first-order valence-electron chi connectivity index (χ1n) is 11.3. The van der Waals surface area contributed by atoms with Crippen LogP contribution in [0.3, 0.4) is 0 Å². The Morgan fingerprint density at radius 2 is 1.07 bits per heavy atom. The highest BCUT2D eigenvalue weighted by atomic mass is 16.5. The molecule has 0 aromatic heterocycles. The monoisotopic (exact) mass is 418 g/mol. The standard InChI is InChI=1S/C26H42O4/c1-19(2)13-15-25(5,6)17-29-23(27)21-11-9-10-12-22(21)24(28)30-18-26(7,8)16-14-20(3)4/h9-12,19-20H,13-18H2,1-8H3. The number of esters is 2. The van der Waals surface area contributed by atoms with Crippen molar-refractivity contribution >= 4 is 11.9 Å². The van der Waals surface area contributed by atoms with Gasteiger partial charge in [0.05, 0.1) is 24.3 Å². The predicted molar refractivity (Wildman–Crippen MR) is 123 cm³/mol. The maximum atomic E-state index is 12.7. The molecule has 0 heterocycles. The van der Waals surface area contributed by atoms with E-state index in [-0.39, 0.29) is 22.0 Å². The van der Waals surface area contributed by atoms with E-state index in [4.69, 9.17) is 9.47 Å². The maximum absolute atomic E-state index is 12.7. The highest BCUT2D eigenvalue weighted by Gasteiger charge is 2.26. The Labute approximate surface area is 183 Å². The summed E-state index contributed by atoms with van der Waals surface area (Å²) in [6, 6.07) is 6.74. The van der Waals surface area contributed by atoms with Gasteiger partial charge in [-0.15, -0.1) is 0 Å². The molecule has 0 radical (unpaired) electrons. The van der Waals surface area contributed by atoms with Gasteiger partial charge in [-0.05, 0) is 47.6 Å². The lowest BCUT2D eigenvalue weighted by atomic mass is 9.86. The lowest BCUT2D eigenvalue weighted by Gasteiger charge is -2.26. The zero-order valence-electron chi connectivity index (χ0n) is 20.3. The number of hydrogen-bond acceptors (Lipinski definition) is 4. The van der Waals surface area contributed by atoms with E-state index < -0.39 is 11.9 Å². The number of benzene rings is 1. The number of rotatable bonds is 12. The second-order valence-corrected chi connectivity index (χ2v) is 10.9. The smallest absolute Gasteiger partial charge is 0.339 e. The third-order valence-corrected chi connectivity index (χ3v) is 5.35. The summed E-state index contributed by atoms with van der Waals surface area (Å²) in [5.74, 6) is 0.277. The molecule has 0 aliphatic carbocycles. The summed E-state index contributed by atoms with van der Waals surface area (Å²) in [6.07, 6.45) is 4.13. The molecule has 0 spiro atoms. The molecule has 0 saturated heterocycles. The minimum absolute atomic E-state index is 0.101. The second kappa shape index (κ2) is 11.5. The van der Waals surface area contributed by atoms with E-state index >= 15 is 0 Å². The Hall–Kier alpha value is -1.84. The SMILES string of the molecule is CC(C)CCC(C)(C)COC(=O)c1ccccc1C(=O)OCC(C)(C)CCC(C)C. The maximum Gasteiger partial charge on any atom is 0.339 e. The average Bonchev–Trinajstić information content (AvgIpc) is 2.67. The third-order valence-electron chi connectivity index (χ3n) is 5.35. The highest BCUT2D eigenvalue weighted by Crippen LogP contribution is 2.27. The van der Waals surface area contributed by atoms with Gasteiger partial charge in [0.2, 0.25) is 0 Å². The molecule has 0 amide bonds. The second-order valence-electron chi connectivity index (χ2n) is 10.9. The summed E-state index contributed by atoms with van der Waals surface area (Å²) < 4.78 is 11.2. The summed E-state index contributed by atoms with van der Waals surface area (Å²) in [5.41, 5.74) is 0.329. The minimum Gasteiger partial charge on any atom is -0.462 e. The number of ether oxygens (including phenoxy) is 2. The van der Waals surface area contributed by atoms with Crippen LogP contribution in [-0.2, 0) is 9.47 Å². The molecule has 0 bridgehead atoms. The van der Waals surface area contributed by atoms with Gasteiger partial charge in [0.25, 0.3) is 0 Å². The number of carbonyl (C=O) groups excluding carboxylic acids is 2. The molecule has 30 heavy (non-hydrogen) atoms.